The van der Waals surface area contributed by atoms with E-state index in [1.807, 2.05) is 24.8 Å². The van der Waals surface area contributed by atoms with Gasteiger partial charge in [0, 0.05) is 17.5 Å². The minimum Gasteiger partial charge on any atom is -0.493 e. The summed E-state index contributed by atoms with van der Waals surface area (Å²) in [4.78, 5) is 19.3. The predicted molar refractivity (Wildman–Crippen MR) is 105 cm³/mol. The van der Waals surface area contributed by atoms with E-state index in [2.05, 4.69) is 10.1 Å². The molecule has 3 rings (SSSR count). The van der Waals surface area contributed by atoms with E-state index in [1.165, 1.54) is 6.42 Å². The van der Waals surface area contributed by atoms with Crippen LogP contribution in [0.5, 0.6) is 11.5 Å². The molecule has 0 spiro atoms. The highest BCUT2D eigenvalue weighted by Crippen LogP contribution is 2.31. The number of benzene rings is 1. The number of hydrogen-bond acceptors (Lipinski definition) is 6. The van der Waals surface area contributed by atoms with Crippen LogP contribution in [0.4, 0.5) is 0 Å². The molecule has 1 aliphatic rings. The van der Waals surface area contributed by atoms with Crippen molar-refractivity contribution in [2.45, 2.75) is 58.5 Å². The fourth-order valence-electron chi connectivity index (χ4n) is 3.66. The van der Waals surface area contributed by atoms with Gasteiger partial charge in [-0.3, -0.25) is 4.79 Å². The molecule has 1 aromatic heterocycles. The van der Waals surface area contributed by atoms with Crippen molar-refractivity contribution in [3.05, 3.63) is 24.1 Å². The van der Waals surface area contributed by atoms with Gasteiger partial charge in [0.25, 0.3) is 0 Å². The monoisotopic (exact) mass is 387 g/mol. The fourth-order valence-corrected chi connectivity index (χ4v) is 3.66. The Morgan fingerprint density at radius 3 is 2.54 bits per heavy atom. The van der Waals surface area contributed by atoms with Crippen molar-refractivity contribution in [1.29, 1.82) is 0 Å². The van der Waals surface area contributed by atoms with Crippen LogP contribution in [0.1, 0.15) is 51.8 Å². The molecular weight excluding hydrogens is 358 g/mol. The molecule has 0 radical (unpaired) electrons. The second kappa shape index (κ2) is 9.08. The zero-order chi connectivity index (χ0) is 20.1. The molecule has 2 aromatic rings. The number of nitrogens with zero attached hydrogens (tertiary/aromatic N) is 3. The Bertz CT molecular complexity index is 797. The van der Waals surface area contributed by atoms with Crippen LogP contribution in [-0.2, 0) is 11.3 Å². The van der Waals surface area contributed by atoms with Crippen molar-refractivity contribution >= 4 is 5.91 Å². The summed E-state index contributed by atoms with van der Waals surface area (Å²) in [6.07, 6.45) is 5.44. The van der Waals surface area contributed by atoms with Crippen LogP contribution in [0.2, 0.25) is 0 Å². The Morgan fingerprint density at radius 2 is 1.89 bits per heavy atom. The summed E-state index contributed by atoms with van der Waals surface area (Å²) in [6.45, 7) is 4.37. The first kappa shape index (κ1) is 20.2. The van der Waals surface area contributed by atoms with Gasteiger partial charge in [-0.1, -0.05) is 24.4 Å². The number of methoxy groups -OCH3 is 2. The largest absolute Gasteiger partial charge is 0.493 e. The molecule has 1 aliphatic carbocycles. The Kier molecular flexibility index (Phi) is 6.54. The number of rotatable bonds is 7. The smallest absolute Gasteiger partial charge is 0.246 e. The average Bonchev–Trinajstić information content (AvgIpc) is 3.20. The van der Waals surface area contributed by atoms with Gasteiger partial charge in [0.1, 0.15) is 6.54 Å². The van der Waals surface area contributed by atoms with Crippen LogP contribution in [-0.4, -0.2) is 41.2 Å². The Hall–Kier alpha value is -2.57. The van der Waals surface area contributed by atoms with Gasteiger partial charge in [-0.2, -0.15) is 4.98 Å². The van der Waals surface area contributed by atoms with Crippen molar-refractivity contribution in [3.8, 4) is 22.9 Å². The van der Waals surface area contributed by atoms with Crippen molar-refractivity contribution in [2.24, 2.45) is 5.92 Å². The molecule has 1 fully saturated rings. The first-order chi connectivity index (χ1) is 13.5. The number of ether oxygens (including phenoxy) is 2. The van der Waals surface area contributed by atoms with Crippen LogP contribution in [0.15, 0.2) is 22.7 Å². The van der Waals surface area contributed by atoms with Gasteiger partial charge in [-0.25, -0.2) is 0 Å². The van der Waals surface area contributed by atoms with Gasteiger partial charge in [0.05, 0.1) is 14.2 Å². The highest BCUT2D eigenvalue weighted by molar-refractivity contribution is 5.79. The first-order valence-corrected chi connectivity index (χ1v) is 9.89. The van der Waals surface area contributed by atoms with Crippen LogP contribution in [0.25, 0.3) is 11.4 Å². The maximum atomic E-state index is 13.0. The summed E-state index contributed by atoms with van der Waals surface area (Å²) in [7, 11) is 3.18. The lowest BCUT2D eigenvalue weighted by Crippen LogP contribution is -2.41. The Labute approximate surface area is 166 Å². The molecule has 1 aromatic carbocycles. The van der Waals surface area contributed by atoms with Crippen molar-refractivity contribution in [2.75, 3.05) is 14.2 Å². The molecular formula is C21H29N3O4. The van der Waals surface area contributed by atoms with Crippen LogP contribution < -0.4 is 9.47 Å². The van der Waals surface area contributed by atoms with E-state index in [0.29, 0.717) is 29.8 Å². The molecule has 0 aliphatic heterocycles. The summed E-state index contributed by atoms with van der Waals surface area (Å²) >= 11 is 0. The minimum atomic E-state index is 0.0749. The molecule has 1 saturated carbocycles. The van der Waals surface area contributed by atoms with E-state index in [1.54, 1.807) is 26.4 Å². The summed E-state index contributed by atoms with van der Waals surface area (Å²) < 4.78 is 16.0. The van der Waals surface area contributed by atoms with E-state index in [4.69, 9.17) is 14.0 Å². The lowest BCUT2D eigenvalue weighted by Gasteiger charge is -2.31. The van der Waals surface area contributed by atoms with Crippen molar-refractivity contribution in [3.63, 3.8) is 0 Å². The van der Waals surface area contributed by atoms with Crippen LogP contribution in [0.3, 0.4) is 0 Å². The molecule has 0 bridgehead atoms. The van der Waals surface area contributed by atoms with E-state index in [-0.39, 0.29) is 17.9 Å². The number of amides is 1. The third kappa shape index (κ3) is 4.46. The second-order valence-corrected chi connectivity index (χ2v) is 7.48. The summed E-state index contributed by atoms with van der Waals surface area (Å²) in [5, 5.41) is 4.08. The van der Waals surface area contributed by atoms with E-state index in [9.17, 15) is 4.79 Å². The van der Waals surface area contributed by atoms with E-state index in [0.717, 1.165) is 31.2 Å². The fraction of sp³-hybridized carbons (Fsp3) is 0.571. The van der Waals surface area contributed by atoms with Gasteiger partial charge < -0.3 is 18.9 Å². The second-order valence-electron chi connectivity index (χ2n) is 7.48. The maximum absolute atomic E-state index is 13.0. The molecule has 7 heteroatoms. The van der Waals surface area contributed by atoms with Crippen molar-refractivity contribution in [1.82, 2.24) is 15.0 Å². The quantitative estimate of drug-likeness (QED) is 0.713. The molecule has 1 heterocycles. The van der Waals surface area contributed by atoms with E-state index >= 15 is 0 Å². The lowest BCUT2D eigenvalue weighted by atomic mass is 9.88. The molecule has 0 atom stereocenters. The summed E-state index contributed by atoms with van der Waals surface area (Å²) in [5.74, 6) is 2.44. The predicted octanol–water partition coefficient (Wildman–Crippen LogP) is 4.07. The van der Waals surface area contributed by atoms with Gasteiger partial charge >= 0.3 is 0 Å². The first-order valence-electron chi connectivity index (χ1n) is 9.89. The molecule has 28 heavy (non-hydrogen) atoms. The van der Waals surface area contributed by atoms with Crippen molar-refractivity contribution < 1.29 is 18.8 Å². The molecule has 0 N–H and O–H groups in total. The van der Waals surface area contributed by atoms with Gasteiger partial charge in [-0.15, -0.1) is 0 Å². The maximum Gasteiger partial charge on any atom is 0.246 e. The Morgan fingerprint density at radius 1 is 1.18 bits per heavy atom. The SMILES string of the molecule is COc1ccc(-c2noc(CN(C(=O)C3CCCCC3)C(C)C)n2)cc1OC. The standard InChI is InChI=1S/C21H29N3O4/c1-14(2)24(21(25)15-8-6-5-7-9-15)13-19-22-20(23-28-19)16-10-11-17(26-3)18(12-16)27-4/h10-12,14-15H,5-9,13H2,1-4H3. The number of carbonyl (C=O) groups is 1. The summed E-state index contributed by atoms with van der Waals surface area (Å²) in [6, 6.07) is 5.53. The molecule has 152 valence electrons. The number of carbonyl (C=O) groups excluding carboxylic acids is 1. The van der Waals surface area contributed by atoms with Gasteiger partial charge in [0.2, 0.25) is 17.6 Å². The van der Waals surface area contributed by atoms with E-state index < -0.39 is 0 Å². The van der Waals surface area contributed by atoms with Gasteiger partial charge in [0.15, 0.2) is 11.5 Å². The number of hydrogen-bond donors (Lipinski definition) is 0. The third-order valence-corrected chi connectivity index (χ3v) is 5.28. The highest BCUT2D eigenvalue weighted by Gasteiger charge is 2.29. The van der Waals surface area contributed by atoms with Crippen LogP contribution >= 0.6 is 0 Å². The normalized spacial score (nSPS) is 14.9. The molecule has 0 saturated heterocycles. The molecule has 0 unspecified atom stereocenters. The zero-order valence-electron chi connectivity index (χ0n) is 17.1. The third-order valence-electron chi connectivity index (χ3n) is 5.28. The lowest BCUT2D eigenvalue weighted by molar-refractivity contribution is -0.139. The minimum absolute atomic E-state index is 0.0749. The zero-order valence-corrected chi connectivity index (χ0v) is 17.1. The molecule has 7 nitrogen and oxygen atoms in total. The van der Waals surface area contributed by atoms with Gasteiger partial charge in [-0.05, 0) is 44.9 Å². The number of aromatic nitrogens is 2. The molecule has 1 amide bonds. The highest BCUT2D eigenvalue weighted by atomic mass is 16.5. The topological polar surface area (TPSA) is 77.7 Å². The average molecular weight is 387 g/mol. The summed E-state index contributed by atoms with van der Waals surface area (Å²) in [5.41, 5.74) is 0.766. The van der Waals surface area contributed by atoms with Crippen LogP contribution in [0, 0.1) is 5.92 Å². The Balaban J connectivity index is 1.76.